The SMILES string of the molecule is Nc1ccc(Br)cc1SC1CCCC1. The summed E-state index contributed by atoms with van der Waals surface area (Å²) in [6.45, 7) is 0. The standard InChI is InChI=1S/C11H14BrNS/c12-8-5-6-10(13)11(7-8)14-9-3-1-2-4-9/h5-7,9H,1-4,13H2. The molecule has 2 N–H and O–H groups in total. The minimum Gasteiger partial charge on any atom is -0.398 e. The van der Waals surface area contributed by atoms with Gasteiger partial charge in [-0.1, -0.05) is 28.8 Å². The van der Waals surface area contributed by atoms with Crippen LogP contribution in [0.5, 0.6) is 0 Å². The Hall–Kier alpha value is -0.150. The molecule has 0 spiro atoms. The number of nitrogen functional groups attached to an aromatic ring is 1. The number of halogens is 1. The van der Waals surface area contributed by atoms with E-state index in [4.69, 9.17) is 5.73 Å². The zero-order valence-electron chi connectivity index (χ0n) is 8.00. The van der Waals surface area contributed by atoms with Crippen molar-refractivity contribution in [2.24, 2.45) is 0 Å². The van der Waals surface area contributed by atoms with Crippen LogP contribution in [-0.2, 0) is 0 Å². The highest BCUT2D eigenvalue weighted by Gasteiger charge is 2.17. The normalized spacial score (nSPS) is 17.5. The molecule has 0 radical (unpaired) electrons. The lowest BCUT2D eigenvalue weighted by atomic mass is 10.3. The van der Waals surface area contributed by atoms with Crippen molar-refractivity contribution in [1.82, 2.24) is 0 Å². The summed E-state index contributed by atoms with van der Waals surface area (Å²) in [4.78, 5) is 1.23. The smallest absolute Gasteiger partial charge is 0.0453 e. The molecule has 14 heavy (non-hydrogen) atoms. The van der Waals surface area contributed by atoms with E-state index in [2.05, 4.69) is 22.0 Å². The molecule has 0 atom stereocenters. The van der Waals surface area contributed by atoms with Crippen molar-refractivity contribution in [2.75, 3.05) is 5.73 Å². The molecular formula is C11H14BrNS. The first kappa shape index (κ1) is 10.4. The fourth-order valence-corrected chi connectivity index (χ4v) is 3.64. The molecule has 0 aliphatic heterocycles. The fourth-order valence-electron chi connectivity index (χ4n) is 1.80. The van der Waals surface area contributed by atoms with Crippen LogP contribution in [0.25, 0.3) is 0 Å². The topological polar surface area (TPSA) is 26.0 Å². The highest BCUT2D eigenvalue weighted by atomic mass is 79.9. The molecule has 0 saturated heterocycles. The maximum absolute atomic E-state index is 5.93. The molecule has 2 rings (SSSR count). The third kappa shape index (κ3) is 2.45. The molecule has 1 nitrogen and oxygen atoms in total. The van der Waals surface area contributed by atoms with Crippen LogP contribution in [0.15, 0.2) is 27.6 Å². The van der Waals surface area contributed by atoms with E-state index in [1.54, 1.807) is 0 Å². The summed E-state index contributed by atoms with van der Waals surface area (Å²) in [6.07, 6.45) is 5.45. The van der Waals surface area contributed by atoms with Gasteiger partial charge in [0.1, 0.15) is 0 Å². The molecule has 1 fully saturated rings. The molecule has 1 aromatic carbocycles. The number of hydrogen-bond acceptors (Lipinski definition) is 2. The summed E-state index contributed by atoms with van der Waals surface area (Å²) < 4.78 is 1.12. The van der Waals surface area contributed by atoms with Crippen molar-refractivity contribution in [1.29, 1.82) is 0 Å². The molecule has 0 bridgehead atoms. The minimum atomic E-state index is 0.784. The van der Waals surface area contributed by atoms with E-state index < -0.39 is 0 Å². The summed E-state index contributed by atoms with van der Waals surface area (Å²) in [7, 11) is 0. The quantitative estimate of drug-likeness (QED) is 0.821. The van der Waals surface area contributed by atoms with Gasteiger partial charge in [0, 0.05) is 20.3 Å². The van der Waals surface area contributed by atoms with Crippen LogP contribution in [-0.4, -0.2) is 5.25 Å². The zero-order chi connectivity index (χ0) is 9.97. The Bertz CT molecular complexity index is 321. The van der Waals surface area contributed by atoms with Crippen molar-refractivity contribution < 1.29 is 0 Å². The molecule has 1 aliphatic carbocycles. The van der Waals surface area contributed by atoms with Crippen molar-refractivity contribution in [3.63, 3.8) is 0 Å². The first-order chi connectivity index (χ1) is 6.75. The van der Waals surface area contributed by atoms with Crippen LogP contribution < -0.4 is 5.73 Å². The molecular weight excluding hydrogens is 258 g/mol. The lowest BCUT2D eigenvalue weighted by molar-refractivity contribution is 0.886. The second kappa shape index (κ2) is 4.58. The summed E-state index contributed by atoms with van der Waals surface area (Å²) in [5.41, 5.74) is 6.83. The maximum atomic E-state index is 5.93. The minimum absolute atomic E-state index is 0.784. The van der Waals surface area contributed by atoms with Crippen LogP contribution >= 0.6 is 27.7 Å². The van der Waals surface area contributed by atoms with Crippen molar-refractivity contribution >= 4 is 33.4 Å². The van der Waals surface area contributed by atoms with E-state index >= 15 is 0 Å². The van der Waals surface area contributed by atoms with Gasteiger partial charge >= 0.3 is 0 Å². The molecule has 1 aromatic rings. The van der Waals surface area contributed by atoms with E-state index in [9.17, 15) is 0 Å². The van der Waals surface area contributed by atoms with Gasteiger partial charge in [-0.05, 0) is 31.0 Å². The highest BCUT2D eigenvalue weighted by molar-refractivity contribution is 9.10. The Morgan fingerprint density at radius 1 is 1.29 bits per heavy atom. The van der Waals surface area contributed by atoms with E-state index in [-0.39, 0.29) is 0 Å². The first-order valence-electron chi connectivity index (χ1n) is 4.97. The van der Waals surface area contributed by atoms with Gasteiger partial charge in [-0.2, -0.15) is 0 Å². The summed E-state index contributed by atoms with van der Waals surface area (Å²) in [5.74, 6) is 0. The second-order valence-electron chi connectivity index (χ2n) is 3.71. The van der Waals surface area contributed by atoms with E-state index in [0.29, 0.717) is 0 Å². The lowest BCUT2D eigenvalue weighted by Crippen LogP contribution is -1.96. The Morgan fingerprint density at radius 3 is 2.71 bits per heavy atom. The zero-order valence-corrected chi connectivity index (χ0v) is 10.4. The van der Waals surface area contributed by atoms with Gasteiger partial charge in [-0.15, -0.1) is 11.8 Å². The molecule has 76 valence electrons. The van der Waals surface area contributed by atoms with Crippen LogP contribution in [0, 0.1) is 0 Å². The lowest BCUT2D eigenvalue weighted by Gasteiger charge is -2.10. The molecule has 0 amide bonds. The van der Waals surface area contributed by atoms with Crippen LogP contribution in [0.2, 0.25) is 0 Å². The van der Waals surface area contributed by atoms with Crippen molar-refractivity contribution in [3.8, 4) is 0 Å². The Morgan fingerprint density at radius 2 is 2.00 bits per heavy atom. The summed E-state index contributed by atoms with van der Waals surface area (Å²) >= 11 is 5.41. The van der Waals surface area contributed by atoms with Gasteiger partial charge in [0.15, 0.2) is 0 Å². The molecule has 1 aliphatic rings. The fraction of sp³-hybridized carbons (Fsp3) is 0.455. The molecule has 0 aromatic heterocycles. The number of benzene rings is 1. The van der Waals surface area contributed by atoms with Crippen LogP contribution in [0.3, 0.4) is 0 Å². The Labute approximate surface area is 97.6 Å². The number of hydrogen-bond donors (Lipinski definition) is 1. The van der Waals surface area contributed by atoms with Crippen LogP contribution in [0.1, 0.15) is 25.7 Å². The van der Waals surface area contributed by atoms with Crippen molar-refractivity contribution in [3.05, 3.63) is 22.7 Å². The summed E-state index contributed by atoms with van der Waals surface area (Å²) in [6, 6.07) is 6.09. The van der Waals surface area contributed by atoms with E-state index in [1.165, 1.54) is 30.6 Å². The molecule has 0 heterocycles. The largest absolute Gasteiger partial charge is 0.398 e. The number of anilines is 1. The van der Waals surface area contributed by atoms with Gasteiger partial charge in [-0.3, -0.25) is 0 Å². The predicted molar refractivity (Wildman–Crippen MR) is 66.7 cm³/mol. The number of rotatable bonds is 2. The van der Waals surface area contributed by atoms with Gasteiger partial charge in [0.05, 0.1) is 0 Å². The highest BCUT2D eigenvalue weighted by Crippen LogP contribution is 2.38. The van der Waals surface area contributed by atoms with E-state index in [1.807, 2.05) is 23.9 Å². The number of nitrogens with two attached hydrogens (primary N) is 1. The monoisotopic (exact) mass is 271 g/mol. The van der Waals surface area contributed by atoms with Gasteiger partial charge in [0.25, 0.3) is 0 Å². The van der Waals surface area contributed by atoms with Gasteiger partial charge in [0.2, 0.25) is 0 Å². The third-order valence-corrected chi connectivity index (χ3v) is 4.48. The first-order valence-corrected chi connectivity index (χ1v) is 6.64. The molecule has 0 unspecified atom stereocenters. The van der Waals surface area contributed by atoms with Crippen LogP contribution in [0.4, 0.5) is 5.69 Å². The maximum Gasteiger partial charge on any atom is 0.0453 e. The van der Waals surface area contributed by atoms with Gasteiger partial charge < -0.3 is 5.73 Å². The summed E-state index contributed by atoms with van der Waals surface area (Å²) in [5, 5.41) is 0.784. The molecule has 1 saturated carbocycles. The average Bonchev–Trinajstić information content (AvgIpc) is 2.64. The Kier molecular flexibility index (Phi) is 3.39. The van der Waals surface area contributed by atoms with Crippen molar-refractivity contribution in [2.45, 2.75) is 35.8 Å². The average molecular weight is 272 g/mol. The third-order valence-electron chi connectivity index (χ3n) is 2.57. The Balaban J connectivity index is 2.10. The predicted octanol–water partition coefficient (Wildman–Crippen LogP) is 4.07. The molecule has 3 heteroatoms. The number of thioether (sulfide) groups is 1. The van der Waals surface area contributed by atoms with E-state index in [0.717, 1.165) is 15.4 Å². The van der Waals surface area contributed by atoms with Gasteiger partial charge in [-0.25, -0.2) is 0 Å². The second-order valence-corrected chi connectivity index (χ2v) is 5.96.